The second-order valence-corrected chi connectivity index (χ2v) is 5.78. The van der Waals surface area contributed by atoms with Crippen LogP contribution in [0, 0.1) is 0 Å². The molecular formula is C16H16N2O2S. The largest absolute Gasteiger partial charge is 0.478 e. The lowest BCUT2D eigenvalue weighted by molar-refractivity contribution is 0.0697. The van der Waals surface area contributed by atoms with Crippen molar-refractivity contribution in [2.45, 2.75) is 26.3 Å². The lowest BCUT2D eigenvalue weighted by Gasteiger charge is -2.08. The highest BCUT2D eigenvalue weighted by molar-refractivity contribution is 7.07. The number of aryl methyl sites for hydroxylation is 1. The van der Waals surface area contributed by atoms with E-state index in [9.17, 15) is 9.90 Å². The molecule has 108 valence electrons. The van der Waals surface area contributed by atoms with Gasteiger partial charge in [-0.2, -0.15) is 11.3 Å². The number of hydrogen-bond acceptors (Lipinski definition) is 3. The highest BCUT2D eigenvalue weighted by atomic mass is 32.1. The van der Waals surface area contributed by atoms with Gasteiger partial charge < -0.3 is 9.67 Å². The van der Waals surface area contributed by atoms with Crippen LogP contribution < -0.4 is 0 Å². The van der Waals surface area contributed by atoms with E-state index < -0.39 is 5.97 Å². The Hall–Kier alpha value is -2.14. The smallest absolute Gasteiger partial charge is 0.335 e. The first kappa shape index (κ1) is 13.8. The van der Waals surface area contributed by atoms with E-state index >= 15 is 0 Å². The molecule has 1 aromatic carbocycles. The number of nitrogens with zero attached hydrogens (tertiary/aromatic N) is 2. The minimum Gasteiger partial charge on any atom is -0.478 e. The predicted molar refractivity (Wildman–Crippen MR) is 84.1 cm³/mol. The van der Waals surface area contributed by atoms with Crippen molar-refractivity contribution in [1.82, 2.24) is 9.55 Å². The lowest BCUT2D eigenvalue weighted by Crippen LogP contribution is -2.05. The topological polar surface area (TPSA) is 55.1 Å². The maximum atomic E-state index is 11.2. The predicted octanol–water partition coefficient (Wildman–Crippen LogP) is 3.80. The van der Waals surface area contributed by atoms with Crippen LogP contribution in [-0.4, -0.2) is 20.6 Å². The Labute approximate surface area is 126 Å². The Morgan fingerprint density at radius 1 is 1.38 bits per heavy atom. The molecular weight excluding hydrogens is 284 g/mol. The van der Waals surface area contributed by atoms with Gasteiger partial charge in [0.1, 0.15) is 5.82 Å². The molecule has 21 heavy (non-hydrogen) atoms. The number of carboxylic acids is 1. The third kappa shape index (κ3) is 2.69. The number of imidazole rings is 1. The van der Waals surface area contributed by atoms with E-state index in [2.05, 4.69) is 33.3 Å². The Bertz CT molecular complexity index is 775. The van der Waals surface area contributed by atoms with Gasteiger partial charge in [-0.3, -0.25) is 0 Å². The van der Waals surface area contributed by atoms with Crippen LogP contribution in [0.15, 0.2) is 35.0 Å². The van der Waals surface area contributed by atoms with Crippen molar-refractivity contribution >= 4 is 28.3 Å². The number of thiophene rings is 1. The molecule has 4 nitrogen and oxygen atoms in total. The SMILES string of the molecule is CCCc1nc2ccc(C(=O)O)cc2n1Cc1ccsc1. The van der Waals surface area contributed by atoms with Crippen molar-refractivity contribution in [3.63, 3.8) is 0 Å². The number of carboxylic acid groups (broad SMARTS) is 1. The van der Waals surface area contributed by atoms with Gasteiger partial charge in [0.2, 0.25) is 0 Å². The molecule has 0 saturated heterocycles. The first-order valence-electron chi connectivity index (χ1n) is 6.92. The Morgan fingerprint density at radius 2 is 2.24 bits per heavy atom. The highest BCUT2D eigenvalue weighted by Gasteiger charge is 2.13. The summed E-state index contributed by atoms with van der Waals surface area (Å²) in [5.41, 5.74) is 3.28. The molecule has 5 heteroatoms. The van der Waals surface area contributed by atoms with Crippen LogP contribution in [0.1, 0.15) is 35.1 Å². The Morgan fingerprint density at radius 3 is 2.90 bits per heavy atom. The van der Waals surface area contributed by atoms with Gasteiger partial charge in [0, 0.05) is 6.42 Å². The summed E-state index contributed by atoms with van der Waals surface area (Å²) in [7, 11) is 0. The summed E-state index contributed by atoms with van der Waals surface area (Å²) < 4.78 is 2.13. The summed E-state index contributed by atoms with van der Waals surface area (Å²) in [5, 5.41) is 13.3. The summed E-state index contributed by atoms with van der Waals surface area (Å²) in [6.45, 7) is 2.86. The van der Waals surface area contributed by atoms with Gasteiger partial charge in [-0.05, 0) is 47.0 Å². The quantitative estimate of drug-likeness (QED) is 0.780. The van der Waals surface area contributed by atoms with Crippen LogP contribution in [0.2, 0.25) is 0 Å². The molecule has 2 aromatic heterocycles. The standard InChI is InChI=1S/C16H16N2O2S/c1-2-3-15-17-13-5-4-12(16(19)20)8-14(13)18(15)9-11-6-7-21-10-11/h4-8,10H,2-3,9H2,1H3,(H,19,20). The summed E-state index contributed by atoms with van der Waals surface area (Å²) in [6, 6.07) is 7.22. The fraction of sp³-hybridized carbons (Fsp3) is 0.250. The molecule has 3 aromatic rings. The zero-order valence-electron chi connectivity index (χ0n) is 11.7. The molecule has 0 spiro atoms. The Balaban J connectivity index is 2.13. The van der Waals surface area contributed by atoms with Crippen LogP contribution in [0.25, 0.3) is 11.0 Å². The van der Waals surface area contributed by atoms with E-state index in [4.69, 9.17) is 0 Å². The van der Waals surface area contributed by atoms with E-state index in [1.807, 2.05) is 0 Å². The average molecular weight is 300 g/mol. The number of aromatic carboxylic acids is 1. The average Bonchev–Trinajstić information content (AvgIpc) is 3.08. The van der Waals surface area contributed by atoms with Crippen LogP contribution in [0.4, 0.5) is 0 Å². The van der Waals surface area contributed by atoms with Crippen molar-refractivity contribution in [2.75, 3.05) is 0 Å². The summed E-state index contributed by atoms with van der Waals surface area (Å²) in [5.74, 6) is 0.110. The van der Waals surface area contributed by atoms with Crippen molar-refractivity contribution in [2.24, 2.45) is 0 Å². The molecule has 3 rings (SSSR count). The molecule has 0 aliphatic heterocycles. The van der Waals surface area contributed by atoms with E-state index in [0.717, 1.165) is 36.2 Å². The minimum atomic E-state index is -0.905. The molecule has 0 aliphatic carbocycles. The van der Waals surface area contributed by atoms with Crippen molar-refractivity contribution in [3.8, 4) is 0 Å². The van der Waals surface area contributed by atoms with Gasteiger partial charge in [0.25, 0.3) is 0 Å². The molecule has 0 fully saturated rings. The van der Waals surface area contributed by atoms with Crippen molar-refractivity contribution in [3.05, 3.63) is 52.0 Å². The number of benzene rings is 1. The fourth-order valence-corrected chi connectivity index (χ4v) is 3.12. The van der Waals surface area contributed by atoms with Crippen molar-refractivity contribution < 1.29 is 9.90 Å². The normalized spacial score (nSPS) is 11.1. The fourth-order valence-electron chi connectivity index (χ4n) is 2.46. The first-order valence-corrected chi connectivity index (χ1v) is 7.87. The molecule has 1 N–H and O–H groups in total. The molecule has 0 radical (unpaired) electrons. The van der Waals surface area contributed by atoms with Gasteiger partial charge in [-0.1, -0.05) is 6.92 Å². The van der Waals surface area contributed by atoms with Crippen LogP contribution in [0.5, 0.6) is 0 Å². The van der Waals surface area contributed by atoms with Gasteiger partial charge >= 0.3 is 5.97 Å². The van der Waals surface area contributed by atoms with Gasteiger partial charge in [-0.15, -0.1) is 0 Å². The number of aromatic nitrogens is 2. The zero-order chi connectivity index (χ0) is 14.8. The van der Waals surface area contributed by atoms with Crippen LogP contribution in [-0.2, 0) is 13.0 Å². The van der Waals surface area contributed by atoms with Gasteiger partial charge in [0.15, 0.2) is 0 Å². The number of fused-ring (bicyclic) bond motifs is 1. The minimum absolute atomic E-state index is 0.303. The van der Waals surface area contributed by atoms with E-state index in [0.29, 0.717) is 5.56 Å². The Kier molecular flexibility index (Phi) is 3.75. The van der Waals surface area contributed by atoms with E-state index in [1.54, 1.807) is 29.5 Å². The molecule has 2 heterocycles. The molecule has 0 saturated carbocycles. The molecule has 0 aliphatic rings. The monoisotopic (exact) mass is 300 g/mol. The first-order chi connectivity index (χ1) is 10.2. The molecule has 0 bridgehead atoms. The van der Waals surface area contributed by atoms with E-state index in [1.165, 1.54) is 5.56 Å². The lowest BCUT2D eigenvalue weighted by atomic mass is 10.2. The zero-order valence-corrected chi connectivity index (χ0v) is 12.6. The number of rotatable bonds is 5. The maximum absolute atomic E-state index is 11.2. The highest BCUT2D eigenvalue weighted by Crippen LogP contribution is 2.21. The molecule has 0 unspecified atom stereocenters. The molecule has 0 amide bonds. The number of carbonyl (C=O) groups is 1. The molecule has 0 atom stereocenters. The van der Waals surface area contributed by atoms with Gasteiger partial charge in [0.05, 0.1) is 23.1 Å². The number of hydrogen-bond donors (Lipinski definition) is 1. The van der Waals surface area contributed by atoms with Gasteiger partial charge in [-0.25, -0.2) is 9.78 Å². The summed E-state index contributed by atoms with van der Waals surface area (Å²) in [6.07, 6.45) is 1.90. The van der Waals surface area contributed by atoms with Crippen molar-refractivity contribution in [1.29, 1.82) is 0 Å². The third-order valence-corrected chi connectivity index (χ3v) is 4.20. The second-order valence-electron chi connectivity index (χ2n) is 5.00. The van der Waals surface area contributed by atoms with E-state index in [-0.39, 0.29) is 0 Å². The van der Waals surface area contributed by atoms with Crippen LogP contribution >= 0.6 is 11.3 Å². The van der Waals surface area contributed by atoms with Crippen LogP contribution in [0.3, 0.4) is 0 Å². The second kappa shape index (κ2) is 5.69. The third-order valence-electron chi connectivity index (χ3n) is 3.47. The summed E-state index contributed by atoms with van der Waals surface area (Å²) in [4.78, 5) is 15.8. The maximum Gasteiger partial charge on any atom is 0.335 e. The summed E-state index contributed by atoms with van der Waals surface area (Å²) >= 11 is 1.67.